The molecule has 0 saturated carbocycles. The van der Waals surface area contributed by atoms with E-state index in [0.717, 1.165) is 0 Å². The van der Waals surface area contributed by atoms with Crippen molar-refractivity contribution in [2.24, 2.45) is 0 Å². The van der Waals surface area contributed by atoms with Gasteiger partial charge >= 0.3 is 205 Å². The van der Waals surface area contributed by atoms with Crippen LogP contribution in [0, 0.1) is 0 Å². The fourth-order valence-electron chi connectivity index (χ4n) is 0. The summed E-state index contributed by atoms with van der Waals surface area (Å²) in [6.07, 6.45) is -1.83. The number of rotatable bonds is 0. The zero-order valence-corrected chi connectivity index (χ0v) is 21.9. The second-order valence-electron chi connectivity index (χ2n) is 0.283. The summed E-state index contributed by atoms with van der Waals surface area (Å²) in [6, 6.07) is 0. The van der Waals surface area contributed by atoms with Gasteiger partial charge in [-0.25, -0.2) is 4.79 Å². The summed E-state index contributed by atoms with van der Waals surface area (Å²) in [5.74, 6) is 0. The molecule has 0 aromatic heterocycles. The van der Waals surface area contributed by atoms with Crippen molar-refractivity contribution in [2.75, 3.05) is 0 Å². The van der Waals surface area contributed by atoms with Gasteiger partial charge in [-0.2, -0.15) is 0 Å². The number of hydrogen-bond acceptors (Lipinski definition) is 1. The van der Waals surface area contributed by atoms with Gasteiger partial charge < -0.3 is 29.7 Å². The van der Waals surface area contributed by atoms with Crippen LogP contribution in [0.15, 0.2) is 0 Å². The van der Waals surface area contributed by atoms with Crippen LogP contribution in [0.4, 0.5) is 4.79 Å². The van der Waals surface area contributed by atoms with Crippen LogP contribution in [0.25, 0.3) is 0 Å². The monoisotopic (exact) mass is 258 g/mol. The Morgan fingerprint density at radius 2 is 0.833 bits per heavy atom. The summed E-state index contributed by atoms with van der Waals surface area (Å²) in [4.78, 5) is 8.56. The minimum Gasteiger partial charge on any atom is -1.00 e. The summed E-state index contributed by atoms with van der Waals surface area (Å²) >= 11 is 0. The molecule has 0 rings (SSSR count). The second kappa shape index (κ2) is 54.1. The first kappa shape index (κ1) is 64.8. The molecule has 0 radical (unpaired) electrons. The summed E-state index contributed by atoms with van der Waals surface area (Å²) < 4.78 is 0. The Labute approximate surface area is 233 Å². The van der Waals surface area contributed by atoms with Crippen LogP contribution in [-0.2, 0) is 0 Å². The Morgan fingerprint density at radius 3 is 0.833 bits per heavy atom. The molecule has 0 aromatic rings. The third-order valence-electron chi connectivity index (χ3n) is 0. The molecule has 0 spiro atoms. The molecule has 0 unspecified atom stereocenters. The van der Waals surface area contributed by atoms with E-state index in [0.29, 0.717) is 0 Å². The average Bonchev–Trinajstić information content (AvgIpc) is 0.811. The first-order valence-electron chi connectivity index (χ1n) is 0.651. The zero-order valence-electron chi connectivity index (χ0n) is 14.8. The summed E-state index contributed by atoms with van der Waals surface area (Å²) in [5.41, 5.74) is 0. The smallest absolute Gasteiger partial charge is 1.00 e. The maximum Gasteiger partial charge on any atom is 1.00 e. The molecule has 0 atom stereocenters. The third kappa shape index (κ3) is 102. The molecule has 0 aliphatic heterocycles. The molecule has 12 heavy (non-hydrogen) atoms. The molecule has 52 valence electrons. The third-order valence-corrected chi connectivity index (χ3v) is 0. The number of carbonyl (C=O) groups is 1. The Bertz CT molecular complexity index is 59.3. The van der Waals surface area contributed by atoms with E-state index in [-0.39, 0.29) is 219 Å². The zero-order chi connectivity index (χ0) is 3.58. The first-order valence-corrected chi connectivity index (χ1v) is 0.651. The van der Waals surface area contributed by atoms with Gasteiger partial charge in [-0.1, -0.05) is 0 Å². The SMILES string of the molecule is O.O.O=C(O)O.[H-].[H-].[H-].[H-].[H-].[H-].[K+].[Na+].[Na+].[Na+].[Na+].[Na+]. The maximum atomic E-state index is 8.56. The van der Waals surface area contributed by atoms with Crippen LogP contribution >= 0.6 is 0 Å². The van der Waals surface area contributed by atoms with Gasteiger partial charge in [0.2, 0.25) is 0 Å². The van der Waals surface area contributed by atoms with E-state index in [2.05, 4.69) is 0 Å². The standard InChI is InChI=1S/CH2O3.K.5Na.2H2O.6H/c2-1(3)4;;;;;;;;;;;;;;/h(H2,2,3,4);;;;;;;2*1H2;;;;;;/q;6*+1;;;6*-1. The van der Waals surface area contributed by atoms with Crippen LogP contribution in [0.1, 0.15) is 8.56 Å². The normalized spacial score (nSPS) is 2.00. The predicted molar refractivity (Wildman–Crippen MR) is 24.6 cm³/mol. The van der Waals surface area contributed by atoms with E-state index in [1.54, 1.807) is 0 Å². The van der Waals surface area contributed by atoms with E-state index in [9.17, 15) is 0 Å². The second-order valence-corrected chi connectivity index (χ2v) is 0.283. The quantitative estimate of drug-likeness (QED) is 0.419. The van der Waals surface area contributed by atoms with E-state index < -0.39 is 6.16 Å². The average molecular weight is 258 g/mol. The Kier molecular flexibility index (Phi) is 292. The largest absolute Gasteiger partial charge is 1.00 e. The molecule has 0 aliphatic rings. The van der Waals surface area contributed by atoms with Crippen LogP contribution in [0.3, 0.4) is 0 Å². The molecule has 0 aromatic carbocycles. The fraction of sp³-hybridized carbons (Fsp3) is 0. The van der Waals surface area contributed by atoms with Crippen LogP contribution in [0.5, 0.6) is 0 Å². The summed E-state index contributed by atoms with van der Waals surface area (Å²) in [5, 5.41) is 13.9. The predicted octanol–water partition coefficient (Wildman–Crippen LogP) is -18.7. The minimum absolute atomic E-state index is 0. The van der Waals surface area contributed by atoms with E-state index in [1.165, 1.54) is 0 Å². The molecular formula is CH12KNa5O5. The molecule has 5 nitrogen and oxygen atoms in total. The minimum atomic E-state index is -1.83. The van der Waals surface area contributed by atoms with Gasteiger partial charge in [0.15, 0.2) is 0 Å². The topological polar surface area (TPSA) is 121 Å². The van der Waals surface area contributed by atoms with Crippen molar-refractivity contribution < 1.29 is 234 Å². The van der Waals surface area contributed by atoms with Crippen LogP contribution < -0.4 is 199 Å². The Balaban J connectivity index is -0.000000000495. The molecule has 0 fully saturated rings. The Hall–Kier alpha value is 5.83. The summed E-state index contributed by atoms with van der Waals surface area (Å²) in [6.45, 7) is 0. The molecule has 6 N–H and O–H groups in total. The van der Waals surface area contributed by atoms with Gasteiger partial charge in [-0.05, 0) is 0 Å². The van der Waals surface area contributed by atoms with Crippen molar-refractivity contribution in [1.82, 2.24) is 0 Å². The van der Waals surface area contributed by atoms with Crippen molar-refractivity contribution in [2.45, 2.75) is 0 Å². The van der Waals surface area contributed by atoms with Gasteiger partial charge in [0, 0.05) is 0 Å². The van der Waals surface area contributed by atoms with Gasteiger partial charge in [0.25, 0.3) is 0 Å². The molecule has 0 bridgehead atoms. The van der Waals surface area contributed by atoms with Gasteiger partial charge in [-0.15, -0.1) is 0 Å². The number of carboxylic acid groups (broad SMARTS) is 2. The van der Waals surface area contributed by atoms with Crippen molar-refractivity contribution in [3.05, 3.63) is 0 Å². The molecule has 0 amide bonds. The maximum absolute atomic E-state index is 8.56. The molecule has 0 aliphatic carbocycles. The van der Waals surface area contributed by atoms with Crippen molar-refractivity contribution in [1.29, 1.82) is 0 Å². The van der Waals surface area contributed by atoms with E-state index in [1.807, 2.05) is 0 Å². The van der Waals surface area contributed by atoms with E-state index >= 15 is 0 Å². The number of hydrogen-bond donors (Lipinski definition) is 2. The first-order chi connectivity index (χ1) is 1.73. The van der Waals surface area contributed by atoms with Gasteiger partial charge in [-0.3, -0.25) is 0 Å². The summed E-state index contributed by atoms with van der Waals surface area (Å²) in [7, 11) is 0. The van der Waals surface area contributed by atoms with Crippen molar-refractivity contribution in [3.63, 3.8) is 0 Å². The van der Waals surface area contributed by atoms with Crippen LogP contribution in [0.2, 0.25) is 0 Å². The van der Waals surface area contributed by atoms with Crippen molar-refractivity contribution in [3.8, 4) is 0 Å². The van der Waals surface area contributed by atoms with Crippen LogP contribution in [-0.4, -0.2) is 27.3 Å². The van der Waals surface area contributed by atoms with Crippen molar-refractivity contribution >= 4 is 6.16 Å². The molecule has 0 saturated heterocycles. The van der Waals surface area contributed by atoms with Gasteiger partial charge in [0.1, 0.15) is 0 Å². The molecular weight excluding hydrogens is 246 g/mol. The molecule has 11 heteroatoms. The molecule has 0 heterocycles. The Morgan fingerprint density at radius 1 is 0.833 bits per heavy atom. The fourth-order valence-corrected chi connectivity index (χ4v) is 0. The van der Waals surface area contributed by atoms with Gasteiger partial charge in [0.05, 0.1) is 0 Å². The van der Waals surface area contributed by atoms with E-state index in [4.69, 9.17) is 15.0 Å².